The number of ether oxygens (including phenoxy) is 1. The summed E-state index contributed by atoms with van der Waals surface area (Å²) in [6.45, 7) is -0.367. The minimum absolute atomic E-state index is 0.222. The molecule has 0 heterocycles. The smallest absolute Gasteiger partial charge is 0.422 e. The highest BCUT2D eigenvalue weighted by Crippen LogP contribution is 2.19. The number of rotatable bonds is 6. The molecule has 1 aromatic rings. The Morgan fingerprint density at radius 2 is 1.89 bits per heavy atom. The summed E-state index contributed by atoms with van der Waals surface area (Å²) in [6, 6.07) is 6.51. The molecule has 0 saturated carbocycles. The van der Waals surface area contributed by atoms with Crippen LogP contribution in [0.2, 0.25) is 0 Å². The highest BCUT2D eigenvalue weighted by Gasteiger charge is 2.28. The van der Waals surface area contributed by atoms with E-state index in [1.54, 1.807) is 12.1 Å². The van der Waals surface area contributed by atoms with E-state index in [9.17, 15) is 13.2 Å². The number of hydrogen-bond donors (Lipinski definition) is 1. The number of alkyl halides is 3. The Hall–Kier alpha value is -1.49. The third-order valence-corrected chi connectivity index (χ3v) is 2.15. The Morgan fingerprint density at radius 3 is 2.44 bits per heavy atom. The van der Waals surface area contributed by atoms with Crippen molar-refractivity contribution in [3.63, 3.8) is 0 Å². The maximum absolute atomic E-state index is 11.9. The van der Waals surface area contributed by atoms with Crippen molar-refractivity contribution in [3.8, 4) is 5.75 Å². The van der Waals surface area contributed by atoms with E-state index >= 15 is 0 Å². The van der Waals surface area contributed by atoms with Crippen LogP contribution >= 0.6 is 0 Å². The summed E-state index contributed by atoms with van der Waals surface area (Å²) in [5, 5.41) is 3.02. The first-order chi connectivity index (χ1) is 8.51. The lowest BCUT2D eigenvalue weighted by Gasteiger charge is -2.08. The van der Waals surface area contributed by atoms with Crippen molar-refractivity contribution in [3.05, 3.63) is 35.9 Å². The van der Waals surface area contributed by atoms with Crippen molar-refractivity contribution in [2.45, 2.75) is 12.6 Å². The van der Waals surface area contributed by atoms with Gasteiger partial charge in [-0.3, -0.25) is 0 Å². The molecule has 5 heteroatoms. The van der Waals surface area contributed by atoms with Crippen molar-refractivity contribution in [1.29, 1.82) is 0 Å². The topological polar surface area (TPSA) is 21.3 Å². The van der Waals surface area contributed by atoms with Gasteiger partial charge in [0.1, 0.15) is 5.75 Å². The van der Waals surface area contributed by atoms with Crippen LogP contribution in [0.15, 0.2) is 30.3 Å². The number of halogens is 3. The van der Waals surface area contributed by atoms with Gasteiger partial charge in [0.25, 0.3) is 0 Å². The zero-order valence-corrected chi connectivity index (χ0v) is 10.1. The van der Waals surface area contributed by atoms with Crippen LogP contribution in [-0.2, 0) is 0 Å². The van der Waals surface area contributed by atoms with Crippen LogP contribution in [-0.4, -0.2) is 26.4 Å². The fourth-order valence-electron chi connectivity index (χ4n) is 1.29. The second kappa shape index (κ2) is 7.06. The molecule has 0 aliphatic heterocycles. The molecule has 0 aromatic heterocycles. The van der Waals surface area contributed by atoms with Crippen molar-refractivity contribution in [2.24, 2.45) is 0 Å². The Bertz CT molecular complexity index is 371. The van der Waals surface area contributed by atoms with Gasteiger partial charge in [0, 0.05) is 0 Å². The third kappa shape index (κ3) is 6.30. The van der Waals surface area contributed by atoms with Gasteiger partial charge in [0.05, 0.1) is 0 Å². The first kappa shape index (κ1) is 14.6. The van der Waals surface area contributed by atoms with E-state index in [0.717, 1.165) is 18.5 Å². The summed E-state index contributed by atoms with van der Waals surface area (Å²) in [5.41, 5.74) is 0.936. The molecule has 0 unspecified atom stereocenters. The average molecular weight is 259 g/mol. The van der Waals surface area contributed by atoms with Gasteiger partial charge in [0.2, 0.25) is 0 Å². The van der Waals surface area contributed by atoms with E-state index in [-0.39, 0.29) is 5.75 Å². The van der Waals surface area contributed by atoms with Gasteiger partial charge in [-0.2, -0.15) is 13.2 Å². The highest BCUT2D eigenvalue weighted by atomic mass is 19.4. The summed E-state index contributed by atoms with van der Waals surface area (Å²) < 4.78 is 40.4. The molecule has 1 N–H and O–H groups in total. The zero-order valence-electron chi connectivity index (χ0n) is 10.1. The number of benzene rings is 1. The Labute approximate surface area is 104 Å². The molecule has 2 nitrogen and oxygen atoms in total. The van der Waals surface area contributed by atoms with Crippen LogP contribution in [0.3, 0.4) is 0 Å². The van der Waals surface area contributed by atoms with Gasteiger partial charge in [-0.25, -0.2) is 0 Å². The molecule has 1 aromatic carbocycles. The summed E-state index contributed by atoms with van der Waals surface area (Å²) in [4.78, 5) is 0. The molecule has 0 bridgehead atoms. The quantitative estimate of drug-likeness (QED) is 0.792. The van der Waals surface area contributed by atoms with Crippen LogP contribution in [0.4, 0.5) is 13.2 Å². The van der Waals surface area contributed by atoms with Gasteiger partial charge in [0.15, 0.2) is 6.61 Å². The van der Waals surface area contributed by atoms with Gasteiger partial charge in [-0.1, -0.05) is 24.3 Å². The Balaban J connectivity index is 2.45. The lowest BCUT2D eigenvalue weighted by Crippen LogP contribution is -2.19. The summed E-state index contributed by atoms with van der Waals surface area (Å²) >= 11 is 0. The van der Waals surface area contributed by atoms with Gasteiger partial charge in [-0.05, 0) is 37.7 Å². The minimum atomic E-state index is -4.30. The monoisotopic (exact) mass is 259 g/mol. The lowest BCUT2D eigenvalue weighted by atomic mass is 10.2. The van der Waals surface area contributed by atoms with Crippen LogP contribution in [0, 0.1) is 0 Å². The second-order valence-corrected chi connectivity index (χ2v) is 3.77. The summed E-state index contributed by atoms with van der Waals surface area (Å²) in [6.07, 6.45) is 0.529. The normalized spacial score (nSPS) is 12.0. The Kier molecular flexibility index (Phi) is 5.71. The molecule has 0 saturated heterocycles. The maximum Gasteiger partial charge on any atom is 0.422 e. The average Bonchev–Trinajstić information content (AvgIpc) is 2.33. The van der Waals surface area contributed by atoms with Crippen LogP contribution < -0.4 is 10.1 Å². The summed E-state index contributed by atoms with van der Waals surface area (Å²) in [7, 11) is 1.88. The lowest BCUT2D eigenvalue weighted by molar-refractivity contribution is -0.153. The first-order valence-corrected chi connectivity index (χ1v) is 5.62. The van der Waals surface area contributed by atoms with Gasteiger partial charge >= 0.3 is 6.18 Å². The molecule has 0 radical (unpaired) electrons. The van der Waals surface area contributed by atoms with Crippen molar-refractivity contribution >= 4 is 6.08 Å². The van der Waals surface area contributed by atoms with E-state index in [4.69, 9.17) is 0 Å². The molecule has 1 rings (SSSR count). The molecule has 0 fully saturated rings. The zero-order chi connectivity index (χ0) is 13.4. The van der Waals surface area contributed by atoms with Crippen LogP contribution in [0.1, 0.15) is 12.0 Å². The fraction of sp³-hybridized carbons (Fsp3) is 0.385. The largest absolute Gasteiger partial charge is 0.484 e. The van der Waals surface area contributed by atoms with E-state index < -0.39 is 12.8 Å². The third-order valence-electron chi connectivity index (χ3n) is 2.15. The summed E-state index contributed by atoms with van der Waals surface area (Å²) in [5.74, 6) is 0.222. The van der Waals surface area contributed by atoms with E-state index in [1.807, 2.05) is 19.2 Å². The molecule has 100 valence electrons. The fourth-order valence-corrected chi connectivity index (χ4v) is 1.29. The molecular weight excluding hydrogens is 243 g/mol. The molecule has 18 heavy (non-hydrogen) atoms. The highest BCUT2D eigenvalue weighted by molar-refractivity contribution is 5.50. The van der Waals surface area contributed by atoms with Crippen LogP contribution in [0.25, 0.3) is 6.08 Å². The molecule has 0 spiro atoms. The van der Waals surface area contributed by atoms with E-state index in [1.165, 1.54) is 12.1 Å². The predicted octanol–water partition coefficient (Wildman–Crippen LogP) is 3.25. The molecule has 0 atom stereocenters. The Morgan fingerprint density at radius 1 is 1.22 bits per heavy atom. The van der Waals surface area contributed by atoms with E-state index in [2.05, 4.69) is 10.1 Å². The van der Waals surface area contributed by atoms with Crippen molar-refractivity contribution in [1.82, 2.24) is 5.32 Å². The minimum Gasteiger partial charge on any atom is -0.484 e. The molecule has 0 aliphatic carbocycles. The van der Waals surface area contributed by atoms with Crippen LogP contribution in [0.5, 0.6) is 5.75 Å². The van der Waals surface area contributed by atoms with Gasteiger partial charge < -0.3 is 10.1 Å². The first-order valence-electron chi connectivity index (χ1n) is 5.62. The molecule has 0 aliphatic rings. The predicted molar refractivity (Wildman–Crippen MR) is 65.6 cm³/mol. The standard InChI is InChI=1S/C13H16F3NO/c1-17-9-3-2-4-11-5-7-12(8-6-11)18-10-13(14,15)16/h2,4-8,17H,3,9-10H2,1H3. The van der Waals surface area contributed by atoms with Crippen molar-refractivity contribution in [2.75, 3.05) is 20.2 Å². The van der Waals surface area contributed by atoms with Crippen molar-refractivity contribution < 1.29 is 17.9 Å². The molecular formula is C13H16F3NO. The molecule has 0 amide bonds. The maximum atomic E-state index is 11.9. The number of nitrogens with one attached hydrogen (secondary N) is 1. The van der Waals surface area contributed by atoms with Gasteiger partial charge in [-0.15, -0.1) is 0 Å². The number of hydrogen-bond acceptors (Lipinski definition) is 2. The van der Waals surface area contributed by atoms with E-state index in [0.29, 0.717) is 0 Å². The SMILES string of the molecule is CNCCC=Cc1ccc(OCC(F)(F)F)cc1. The second-order valence-electron chi connectivity index (χ2n) is 3.77.